The summed E-state index contributed by atoms with van der Waals surface area (Å²) in [5.41, 5.74) is 2.94. The molecule has 0 amide bonds. The Labute approximate surface area is 87.4 Å². The predicted octanol–water partition coefficient (Wildman–Crippen LogP) is 1.68. The normalized spacial score (nSPS) is 21.4. The van der Waals surface area contributed by atoms with Crippen LogP contribution in [0.5, 0.6) is 0 Å². The summed E-state index contributed by atoms with van der Waals surface area (Å²) in [6.07, 6.45) is 4.79. The molecule has 1 saturated heterocycles. The highest BCUT2D eigenvalue weighted by Crippen LogP contribution is 2.22. The molecule has 0 saturated carbocycles. The number of nitrogens with two attached hydrogens (primary N) is 1. The first-order valence-corrected chi connectivity index (χ1v) is 5.76. The lowest BCUT2D eigenvalue weighted by atomic mass is 9.89. The SMILES string of the molecule is CC(C)CC(CC1CCOCC1)NN. The first-order chi connectivity index (χ1) is 6.72. The molecule has 1 aliphatic rings. The molecule has 84 valence electrons. The van der Waals surface area contributed by atoms with Crippen molar-refractivity contribution in [3.05, 3.63) is 0 Å². The molecule has 0 spiro atoms. The van der Waals surface area contributed by atoms with Gasteiger partial charge in [0.15, 0.2) is 0 Å². The summed E-state index contributed by atoms with van der Waals surface area (Å²) in [6, 6.07) is 0.484. The molecule has 3 nitrogen and oxygen atoms in total. The molecule has 1 fully saturated rings. The zero-order valence-corrected chi connectivity index (χ0v) is 9.46. The van der Waals surface area contributed by atoms with E-state index in [4.69, 9.17) is 10.6 Å². The fraction of sp³-hybridized carbons (Fsp3) is 1.00. The second-order valence-corrected chi connectivity index (χ2v) is 4.78. The number of hydrazine groups is 1. The van der Waals surface area contributed by atoms with E-state index in [0.29, 0.717) is 6.04 Å². The largest absolute Gasteiger partial charge is 0.381 e. The van der Waals surface area contributed by atoms with E-state index in [-0.39, 0.29) is 0 Å². The minimum atomic E-state index is 0.484. The Bertz CT molecular complexity index is 144. The smallest absolute Gasteiger partial charge is 0.0468 e. The van der Waals surface area contributed by atoms with Gasteiger partial charge in [0.05, 0.1) is 0 Å². The summed E-state index contributed by atoms with van der Waals surface area (Å²) in [5.74, 6) is 7.08. The minimum Gasteiger partial charge on any atom is -0.381 e. The molecule has 0 aromatic rings. The molecule has 1 atom stereocenters. The molecular formula is C11H24N2O. The molecule has 1 rings (SSSR count). The van der Waals surface area contributed by atoms with Gasteiger partial charge in [0.2, 0.25) is 0 Å². The summed E-state index contributed by atoms with van der Waals surface area (Å²) < 4.78 is 5.34. The van der Waals surface area contributed by atoms with E-state index in [1.54, 1.807) is 0 Å². The van der Waals surface area contributed by atoms with Gasteiger partial charge in [-0.25, -0.2) is 0 Å². The zero-order valence-electron chi connectivity index (χ0n) is 9.46. The van der Waals surface area contributed by atoms with Gasteiger partial charge in [0.1, 0.15) is 0 Å². The van der Waals surface area contributed by atoms with Gasteiger partial charge in [0.25, 0.3) is 0 Å². The van der Waals surface area contributed by atoms with E-state index in [1.807, 2.05) is 0 Å². The lowest BCUT2D eigenvalue weighted by Gasteiger charge is -2.27. The van der Waals surface area contributed by atoms with E-state index >= 15 is 0 Å². The van der Waals surface area contributed by atoms with Crippen LogP contribution in [0.2, 0.25) is 0 Å². The van der Waals surface area contributed by atoms with Crippen molar-refractivity contribution in [1.82, 2.24) is 5.43 Å². The van der Waals surface area contributed by atoms with E-state index < -0.39 is 0 Å². The second kappa shape index (κ2) is 6.38. The number of hydrogen-bond acceptors (Lipinski definition) is 3. The zero-order chi connectivity index (χ0) is 10.4. The Hall–Kier alpha value is -0.120. The average molecular weight is 200 g/mol. The van der Waals surface area contributed by atoms with Crippen LogP contribution < -0.4 is 11.3 Å². The Kier molecular flexibility index (Phi) is 5.45. The standard InChI is InChI=1S/C11H24N2O/c1-9(2)7-11(13-12)8-10-3-5-14-6-4-10/h9-11,13H,3-8,12H2,1-2H3. The van der Waals surface area contributed by atoms with E-state index in [1.165, 1.54) is 25.7 Å². The topological polar surface area (TPSA) is 47.3 Å². The highest BCUT2D eigenvalue weighted by molar-refractivity contribution is 4.73. The quantitative estimate of drug-likeness (QED) is 0.524. The molecule has 14 heavy (non-hydrogen) atoms. The maximum absolute atomic E-state index is 5.56. The molecular weight excluding hydrogens is 176 g/mol. The third kappa shape index (κ3) is 4.40. The molecule has 3 N–H and O–H groups in total. The van der Waals surface area contributed by atoms with Gasteiger partial charge in [-0.15, -0.1) is 0 Å². The van der Waals surface area contributed by atoms with Crippen LogP contribution in [0, 0.1) is 11.8 Å². The summed E-state index contributed by atoms with van der Waals surface area (Å²) >= 11 is 0. The Balaban J connectivity index is 2.23. The minimum absolute atomic E-state index is 0.484. The molecule has 0 aromatic carbocycles. The maximum atomic E-state index is 5.56. The first-order valence-electron chi connectivity index (χ1n) is 5.76. The van der Waals surface area contributed by atoms with Crippen LogP contribution in [0.4, 0.5) is 0 Å². The first kappa shape index (κ1) is 12.0. The Morgan fingerprint density at radius 2 is 2.00 bits per heavy atom. The molecule has 1 aliphatic heterocycles. The van der Waals surface area contributed by atoms with E-state index in [2.05, 4.69) is 19.3 Å². The third-order valence-corrected chi connectivity index (χ3v) is 2.95. The average Bonchev–Trinajstić information content (AvgIpc) is 2.17. The van der Waals surface area contributed by atoms with Crippen LogP contribution in [0.15, 0.2) is 0 Å². The summed E-state index contributed by atoms with van der Waals surface area (Å²) in [5, 5.41) is 0. The van der Waals surface area contributed by atoms with Gasteiger partial charge < -0.3 is 4.74 Å². The van der Waals surface area contributed by atoms with Crippen LogP contribution in [-0.2, 0) is 4.74 Å². The molecule has 0 bridgehead atoms. The van der Waals surface area contributed by atoms with Gasteiger partial charge in [-0.3, -0.25) is 11.3 Å². The van der Waals surface area contributed by atoms with Crippen molar-refractivity contribution in [2.45, 2.75) is 45.6 Å². The fourth-order valence-corrected chi connectivity index (χ4v) is 2.19. The molecule has 0 radical (unpaired) electrons. The summed E-state index contributed by atoms with van der Waals surface area (Å²) in [7, 11) is 0. The summed E-state index contributed by atoms with van der Waals surface area (Å²) in [4.78, 5) is 0. The van der Waals surface area contributed by atoms with Crippen LogP contribution in [0.1, 0.15) is 39.5 Å². The molecule has 0 aliphatic carbocycles. The van der Waals surface area contributed by atoms with Gasteiger partial charge in [-0.05, 0) is 37.5 Å². The maximum Gasteiger partial charge on any atom is 0.0468 e. The van der Waals surface area contributed by atoms with Gasteiger partial charge >= 0.3 is 0 Å². The van der Waals surface area contributed by atoms with E-state index in [0.717, 1.165) is 25.0 Å². The Morgan fingerprint density at radius 1 is 1.36 bits per heavy atom. The highest BCUT2D eigenvalue weighted by Gasteiger charge is 2.19. The third-order valence-electron chi connectivity index (χ3n) is 2.95. The lowest BCUT2D eigenvalue weighted by molar-refractivity contribution is 0.0597. The molecule has 0 aromatic heterocycles. The van der Waals surface area contributed by atoms with Crippen LogP contribution >= 0.6 is 0 Å². The predicted molar refractivity (Wildman–Crippen MR) is 58.7 cm³/mol. The van der Waals surface area contributed by atoms with Crippen LogP contribution in [-0.4, -0.2) is 19.3 Å². The summed E-state index contributed by atoms with van der Waals surface area (Å²) in [6.45, 7) is 6.36. The molecule has 1 heterocycles. The Morgan fingerprint density at radius 3 is 2.50 bits per heavy atom. The monoisotopic (exact) mass is 200 g/mol. The lowest BCUT2D eigenvalue weighted by Crippen LogP contribution is -2.38. The highest BCUT2D eigenvalue weighted by atomic mass is 16.5. The van der Waals surface area contributed by atoms with Gasteiger partial charge in [-0.2, -0.15) is 0 Å². The number of rotatable bonds is 5. The van der Waals surface area contributed by atoms with Crippen molar-refractivity contribution in [3.8, 4) is 0 Å². The van der Waals surface area contributed by atoms with Crippen LogP contribution in [0.3, 0.4) is 0 Å². The van der Waals surface area contributed by atoms with Gasteiger partial charge in [-0.1, -0.05) is 13.8 Å². The van der Waals surface area contributed by atoms with Crippen molar-refractivity contribution in [1.29, 1.82) is 0 Å². The van der Waals surface area contributed by atoms with Crippen molar-refractivity contribution in [3.63, 3.8) is 0 Å². The van der Waals surface area contributed by atoms with Crippen molar-refractivity contribution in [2.75, 3.05) is 13.2 Å². The fourth-order valence-electron chi connectivity index (χ4n) is 2.19. The van der Waals surface area contributed by atoms with Crippen molar-refractivity contribution >= 4 is 0 Å². The van der Waals surface area contributed by atoms with Crippen molar-refractivity contribution in [2.24, 2.45) is 17.7 Å². The number of hydrogen-bond donors (Lipinski definition) is 2. The van der Waals surface area contributed by atoms with E-state index in [9.17, 15) is 0 Å². The second-order valence-electron chi connectivity index (χ2n) is 4.78. The van der Waals surface area contributed by atoms with Crippen LogP contribution in [0.25, 0.3) is 0 Å². The molecule has 3 heteroatoms. The van der Waals surface area contributed by atoms with Gasteiger partial charge in [0, 0.05) is 19.3 Å². The molecule has 1 unspecified atom stereocenters. The number of nitrogens with one attached hydrogen (secondary N) is 1. The number of ether oxygens (including phenoxy) is 1. The van der Waals surface area contributed by atoms with Crippen molar-refractivity contribution < 1.29 is 4.74 Å².